The zero-order valence-electron chi connectivity index (χ0n) is 18.6. The second-order valence-electron chi connectivity index (χ2n) is 8.07. The van der Waals surface area contributed by atoms with Crippen molar-refractivity contribution < 1.29 is 19.4 Å². The number of aromatic nitrogens is 1. The average Bonchev–Trinajstić information content (AvgIpc) is 3.25. The van der Waals surface area contributed by atoms with Crippen LogP contribution in [0.4, 0.5) is 0 Å². The van der Waals surface area contributed by atoms with E-state index in [1.165, 1.54) is 0 Å². The Hall–Kier alpha value is -3.54. The van der Waals surface area contributed by atoms with E-state index < -0.39 is 17.7 Å². The molecule has 0 bridgehead atoms. The quantitative estimate of drug-likeness (QED) is 0.309. The number of aromatic amines is 1. The molecule has 0 radical (unpaired) electrons. The molecule has 6 heteroatoms. The fraction of sp³-hybridized carbons (Fsp3) is 0.308. The first kappa shape index (κ1) is 21.7. The van der Waals surface area contributed by atoms with E-state index >= 15 is 0 Å². The van der Waals surface area contributed by atoms with Gasteiger partial charge in [-0.05, 0) is 50.1 Å². The Balaban J connectivity index is 1.87. The van der Waals surface area contributed by atoms with Gasteiger partial charge in [0.25, 0.3) is 11.7 Å². The second kappa shape index (κ2) is 8.91. The van der Waals surface area contributed by atoms with E-state index in [0.29, 0.717) is 30.9 Å². The smallest absolute Gasteiger partial charge is 0.295 e. The molecule has 0 saturated carbocycles. The lowest BCUT2D eigenvalue weighted by Gasteiger charge is -2.25. The molecule has 0 spiro atoms. The topological polar surface area (TPSA) is 82.6 Å². The second-order valence-corrected chi connectivity index (χ2v) is 8.07. The summed E-state index contributed by atoms with van der Waals surface area (Å²) in [6.07, 6.45) is 1.60. The lowest BCUT2D eigenvalue weighted by Crippen LogP contribution is -2.30. The van der Waals surface area contributed by atoms with E-state index in [9.17, 15) is 14.7 Å². The number of fused-ring (bicyclic) bond motifs is 1. The Morgan fingerprint density at radius 2 is 1.78 bits per heavy atom. The number of ether oxygens (including phenoxy) is 1. The van der Waals surface area contributed by atoms with E-state index in [1.54, 1.807) is 29.2 Å². The number of nitrogens with zero attached hydrogens (tertiary/aromatic N) is 1. The van der Waals surface area contributed by atoms with Gasteiger partial charge in [-0.2, -0.15) is 0 Å². The van der Waals surface area contributed by atoms with Crippen molar-refractivity contribution >= 4 is 28.4 Å². The summed E-state index contributed by atoms with van der Waals surface area (Å²) in [5, 5.41) is 12.2. The fourth-order valence-corrected chi connectivity index (χ4v) is 4.39. The number of H-pyrrole nitrogens is 1. The zero-order chi connectivity index (χ0) is 22.8. The van der Waals surface area contributed by atoms with Crippen LogP contribution in [0.25, 0.3) is 16.7 Å². The normalized spacial score (nSPS) is 18.0. The van der Waals surface area contributed by atoms with Crippen molar-refractivity contribution in [1.29, 1.82) is 0 Å². The van der Waals surface area contributed by atoms with E-state index in [4.69, 9.17) is 4.74 Å². The highest BCUT2D eigenvalue weighted by Crippen LogP contribution is 2.43. The van der Waals surface area contributed by atoms with Crippen molar-refractivity contribution in [3.63, 3.8) is 0 Å². The Labute approximate surface area is 187 Å². The maximum absolute atomic E-state index is 13.1. The number of hydrogen-bond donors (Lipinski definition) is 2. The number of aliphatic hydroxyl groups is 1. The van der Waals surface area contributed by atoms with Gasteiger partial charge in [0.2, 0.25) is 0 Å². The number of ketones is 1. The van der Waals surface area contributed by atoms with Crippen molar-refractivity contribution in [2.24, 2.45) is 0 Å². The number of carbonyl (C=O) groups is 2. The monoisotopic (exact) mass is 432 g/mol. The van der Waals surface area contributed by atoms with E-state index in [2.05, 4.69) is 4.98 Å². The molecule has 1 amide bonds. The summed E-state index contributed by atoms with van der Waals surface area (Å²) >= 11 is 0. The Bertz CT molecular complexity index is 1190. The molecular weight excluding hydrogens is 404 g/mol. The number of nitrogens with one attached hydrogen (secondary N) is 1. The number of Topliss-reactive ketones (excluding diaryl/α,β-unsaturated/α-hetero) is 1. The number of benzene rings is 2. The molecule has 166 valence electrons. The molecule has 0 aliphatic carbocycles. The van der Waals surface area contributed by atoms with Gasteiger partial charge in [0.15, 0.2) is 0 Å². The number of hydrogen-bond acceptors (Lipinski definition) is 4. The third kappa shape index (κ3) is 3.66. The summed E-state index contributed by atoms with van der Waals surface area (Å²) in [5.41, 5.74) is 3.25. The lowest BCUT2D eigenvalue weighted by molar-refractivity contribution is -0.139. The number of amides is 1. The highest BCUT2D eigenvalue weighted by molar-refractivity contribution is 6.46. The van der Waals surface area contributed by atoms with Crippen LogP contribution in [0.5, 0.6) is 5.75 Å². The molecule has 3 aromatic rings. The Morgan fingerprint density at radius 3 is 2.47 bits per heavy atom. The number of rotatable bonds is 7. The molecule has 4 rings (SSSR count). The minimum absolute atomic E-state index is 0.124. The molecule has 1 unspecified atom stereocenters. The number of aliphatic hydroxyl groups excluding tert-OH is 1. The highest BCUT2D eigenvalue weighted by atomic mass is 16.5. The third-order valence-electron chi connectivity index (χ3n) is 5.82. The molecule has 1 aromatic heterocycles. The van der Waals surface area contributed by atoms with Gasteiger partial charge in [-0.1, -0.05) is 32.0 Å². The van der Waals surface area contributed by atoms with Crippen LogP contribution in [-0.4, -0.2) is 39.8 Å². The fourth-order valence-electron chi connectivity index (χ4n) is 4.39. The molecule has 1 fully saturated rings. The van der Waals surface area contributed by atoms with Crippen LogP contribution in [0.15, 0.2) is 54.1 Å². The number of aryl methyl sites for hydroxylation is 1. The van der Waals surface area contributed by atoms with Gasteiger partial charge >= 0.3 is 0 Å². The standard InChI is InChI=1S/C26H28N2O4/c1-4-14-28-23(21-16(3)27-20-9-7-6-8-19(20)21)22(25(30)26(28)31)24(29)17-10-12-18(13-11-17)32-15-5-2/h6-13,23,27,29H,4-5,14-15H2,1-3H3/b24-22+. The molecule has 1 saturated heterocycles. The SMILES string of the molecule is CCCOc1ccc(/C(O)=C2\C(=O)C(=O)N(CCC)C2c2c(C)[nH]c3ccccc23)cc1. The summed E-state index contributed by atoms with van der Waals surface area (Å²) in [4.78, 5) is 31.0. The molecule has 2 heterocycles. The van der Waals surface area contributed by atoms with Gasteiger partial charge < -0.3 is 19.7 Å². The summed E-state index contributed by atoms with van der Waals surface area (Å²) in [7, 11) is 0. The van der Waals surface area contributed by atoms with Crippen LogP contribution in [0.3, 0.4) is 0 Å². The third-order valence-corrected chi connectivity index (χ3v) is 5.82. The summed E-state index contributed by atoms with van der Waals surface area (Å²) < 4.78 is 5.62. The summed E-state index contributed by atoms with van der Waals surface area (Å²) in [6, 6.07) is 14.1. The minimum Gasteiger partial charge on any atom is -0.507 e. The number of likely N-dealkylation sites (tertiary alicyclic amines) is 1. The maximum Gasteiger partial charge on any atom is 0.295 e. The van der Waals surface area contributed by atoms with Crippen molar-refractivity contribution in [2.75, 3.05) is 13.2 Å². The van der Waals surface area contributed by atoms with Crippen molar-refractivity contribution in [2.45, 2.75) is 39.7 Å². The minimum atomic E-state index is -0.656. The first-order valence-electron chi connectivity index (χ1n) is 11.1. The zero-order valence-corrected chi connectivity index (χ0v) is 18.6. The van der Waals surface area contributed by atoms with Crippen LogP contribution >= 0.6 is 0 Å². The van der Waals surface area contributed by atoms with E-state index in [1.807, 2.05) is 45.0 Å². The van der Waals surface area contributed by atoms with Gasteiger partial charge in [-0.25, -0.2) is 0 Å². The van der Waals surface area contributed by atoms with Crippen molar-refractivity contribution in [3.05, 3.63) is 70.9 Å². The van der Waals surface area contributed by atoms with Gasteiger partial charge in [0.1, 0.15) is 11.5 Å². The Morgan fingerprint density at radius 1 is 1.06 bits per heavy atom. The molecule has 6 nitrogen and oxygen atoms in total. The van der Waals surface area contributed by atoms with Gasteiger partial charge in [-0.3, -0.25) is 9.59 Å². The van der Waals surface area contributed by atoms with Gasteiger partial charge in [0.05, 0.1) is 18.2 Å². The molecule has 2 aromatic carbocycles. The van der Waals surface area contributed by atoms with E-state index in [0.717, 1.165) is 28.6 Å². The number of carbonyl (C=O) groups excluding carboxylic acids is 2. The predicted molar refractivity (Wildman–Crippen MR) is 125 cm³/mol. The maximum atomic E-state index is 13.1. The predicted octanol–water partition coefficient (Wildman–Crippen LogP) is 5.10. The van der Waals surface area contributed by atoms with Crippen LogP contribution in [-0.2, 0) is 9.59 Å². The van der Waals surface area contributed by atoms with Gasteiger partial charge in [0, 0.05) is 34.3 Å². The van der Waals surface area contributed by atoms with E-state index in [-0.39, 0.29) is 11.3 Å². The molecule has 1 aliphatic rings. The van der Waals surface area contributed by atoms with Crippen LogP contribution in [0.2, 0.25) is 0 Å². The van der Waals surface area contributed by atoms with Gasteiger partial charge in [-0.15, -0.1) is 0 Å². The number of para-hydroxylation sites is 1. The molecule has 2 N–H and O–H groups in total. The van der Waals surface area contributed by atoms with Crippen LogP contribution < -0.4 is 4.74 Å². The highest BCUT2D eigenvalue weighted by Gasteiger charge is 2.47. The average molecular weight is 433 g/mol. The van der Waals surface area contributed by atoms with Crippen LogP contribution in [0.1, 0.15) is 49.6 Å². The molecule has 1 atom stereocenters. The summed E-state index contributed by atoms with van der Waals surface area (Å²) in [5.74, 6) is -0.708. The molecule has 32 heavy (non-hydrogen) atoms. The Kier molecular flexibility index (Phi) is 6.04. The largest absolute Gasteiger partial charge is 0.507 e. The lowest BCUT2D eigenvalue weighted by atomic mass is 9.93. The van der Waals surface area contributed by atoms with Crippen LogP contribution in [0, 0.1) is 6.92 Å². The van der Waals surface area contributed by atoms with Crippen molar-refractivity contribution in [3.8, 4) is 5.75 Å². The summed E-state index contributed by atoms with van der Waals surface area (Å²) in [6.45, 7) is 6.96. The first-order chi connectivity index (χ1) is 15.5. The molecule has 1 aliphatic heterocycles. The molecular formula is C26H28N2O4. The first-order valence-corrected chi connectivity index (χ1v) is 11.1. The van der Waals surface area contributed by atoms with Crippen molar-refractivity contribution in [1.82, 2.24) is 9.88 Å².